The third-order valence-electron chi connectivity index (χ3n) is 1.80. The zero-order valence-corrected chi connectivity index (χ0v) is 6.93. The predicted octanol–water partition coefficient (Wildman–Crippen LogP) is -0.865. The maximum Gasteiger partial charge on any atom is 0.0588 e. The van der Waals surface area contributed by atoms with Crippen molar-refractivity contribution in [2.75, 3.05) is 33.2 Å². The van der Waals surface area contributed by atoms with Crippen LogP contribution in [0.2, 0.25) is 0 Å². The minimum absolute atomic E-state index is 0.0781. The maximum absolute atomic E-state index is 10.4. The van der Waals surface area contributed by atoms with Gasteiger partial charge in [-0.15, -0.1) is 4.91 Å². The molecule has 0 amide bonds. The van der Waals surface area contributed by atoms with Gasteiger partial charge in [-0.3, -0.25) is 0 Å². The third kappa shape index (κ3) is 2.70. The van der Waals surface area contributed by atoms with Crippen LogP contribution in [-0.4, -0.2) is 48.4 Å². The first-order chi connectivity index (χ1) is 5.72. The van der Waals surface area contributed by atoms with Gasteiger partial charge >= 0.3 is 0 Å². The Hall–Kier alpha value is -0.760. The summed E-state index contributed by atoms with van der Waals surface area (Å²) in [5, 5.41) is 14.2. The van der Waals surface area contributed by atoms with Crippen LogP contribution >= 0.6 is 0 Å². The standard InChI is InChI=1S/C5H12N5O2/c1-8-2-4-9(5-3-8)6-10(12)7-11/h6H,2-5H2,1H3/q-1. The molecule has 0 unspecified atom stereocenters. The van der Waals surface area contributed by atoms with E-state index in [1.54, 1.807) is 5.01 Å². The Morgan fingerprint density at radius 3 is 2.50 bits per heavy atom. The van der Waals surface area contributed by atoms with Gasteiger partial charge in [0.15, 0.2) is 0 Å². The van der Waals surface area contributed by atoms with E-state index >= 15 is 0 Å². The highest BCUT2D eigenvalue weighted by Crippen LogP contribution is 1.95. The highest BCUT2D eigenvalue weighted by Gasteiger charge is 2.12. The van der Waals surface area contributed by atoms with Crippen molar-refractivity contribution in [2.24, 2.45) is 5.29 Å². The number of nitrogens with zero attached hydrogens (tertiary/aromatic N) is 4. The first-order valence-corrected chi connectivity index (χ1v) is 3.72. The number of nitrogens with one attached hydrogen (secondary N) is 1. The van der Waals surface area contributed by atoms with E-state index in [1.807, 2.05) is 7.05 Å². The van der Waals surface area contributed by atoms with Crippen LogP contribution in [0.25, 0.3) is 0 Å². The Balaban J connectivity index is 2.21. The summed E-state index contributed by atoms with van der Waals surface area (Å²) >= 11 is 0. The number of nitroso groups, excluding NO2 is 1. The van der Waals surface area contributed by atoms with Gasteiger partial charge in [0.1, 0.15) is 0 Å². The fraction of sp³-hybridized carbons (Fsp3) is 1.00. The van der Waals surface area contributed by atoms with Crippen LogP contribution < -0.4 is 5.53 Å². The van der Waals surface area contributed by atoms with Gasteiger partial charge in [-0.2, -0.15) is 5.53 Å². The molecular weight excluding hydrogens is 162 g/mol. The lowest BCUT2D eigenvalue weighted by Crippen LogP contribution is -2.53. The first kappa shape index (κ1) is 9.33. The van der Waals surface area contributed by atoms with Crippen molar-refractivity contribution in [3.63, 3.8) is 0 Å². The number of likely N-dealkylation sites (N-methyl/N-ethyl adjacent to an activating group) is 1. The Morgan fingerprint density at radius 1 is 1.42 bits per heavy atom. The van der Waals surface area contributed by atoms with Gasteiger partial charge in [-0.1, -0.05) is 0 Å². The van der Waals surface area contributed by atoms with Gasteiger partial charge in [0.2, 0.25) is 0 Å². The van der Waals surface area contributed by atoms with Crippen molar-refractivity contribution in [1.82, 2.24) is 20.7 Å². The third-order valence-corrected chi connectivity index (χ3v) is 1.80. The normalized spacial score (nSPS) is 20.8. The monoisotopic (exact) mass is 174 g/mol. The van der Waals surface area contributed by atoms with Crippen molar-refractivity contribution < 1.29 is 0 Å². The summed E-state index contributed by atoms with van der Waals surface area (Å²) in [6.45, 7) is 3.18. The summed E-state index contributed by atoms with van der Waals surface area (Å²) in [5.74, 6) is 0. The smallest absolute Gasteiger partial charge is 0.0588 e. The number of hydrogen-bond acceptors (Lipinski definition) is 6. The Labute approximate surface area is 70.4 Å². The van der Waals surface area contributed by atoms with E-state index in [-0.39, 0.29) is 5.28 Å². The van der Waals surface area contributed by atoms with Gasteiger partial charge < -0.3 is 10.1 Å². The zero-order valence-electron chi connectivity index (χ0n) is 6.93. The van der Waals surface area contributed by atoms with Crippen LogP contribution in [0.15, 0.2) is 5.29 Å². The average molecular weight is 174 g/mol. The highest BCUT2D eigenvalue weighted by molar-refractivity contribution is 4.65. The molecule has 1 rings (SSSR count). The molecule has 1 fully saturated rings. The molecule has 0 aromatic heterocycles. The second-order valence-corrected chi connectivity index (χ2v) is 2.74. The molecular formula is C5H12N5O2-. The summed E-state index contributed by atoms with van der Waals surface area (Å²) in [6.07, 6.45) is 0. The molecule has 1 saturated heterocycles. The average Bonchev–Trinajstić information content (AvgIpc) is 2.09. The van der Waals surface area contributed by atoms with E-state index in [4.69, 9.17) is 0 Å². The van der Waals surface area contributed by atoms with Crippen LogP contribution in [0.1, 0.15) is 0 Å². The lowest BCUT2D eigenvalue weighted by molar-refractivity contribution is 0.0213. The molecule has 70 valence electrons. The maximum atomic E-state index is 10.4. The molecule has 7 nitrogen and oxygen atoms in total. The van der Waals surface area contributed by atoms with Gasteiger partial charge in [0, 0.05) is 26.2 Å². The summed E-state index contributed by atoms with van der Waals surface area (Å²) < 4.78 is 0. The molecule has 0 aromatic carbocycles. The van der Waals surface area contributed by atoms with Gasteiger partial charge in [0.25, 0.3) is 0 Å². The summed E-state index contributed by atoms with van der Waals surface area (Å²) in [6, 6.07) is 0. The topological polar surface area (TPSA) is 74.2 Å². The number of hydrogen-bond donors (Lipinski definition) is 1. The highest BCUT2D eigenvalue weighted by atomic mass is 16.6. The molecule has 0 saturated carbocycles. The lowest BCUT2D eigenvalue weighted by atomic mass is 10.4. The zero-order chi connectivity index (χ0) is 8.97. The van der Waals surface area contributed by atoms with Crippen molar-refractivity contribution in [2.45, 2.75) is 0 Å². The predicted molar refractivity (Wildman–Crippen MR) is 43.2 cm³/mol. The van der Waals surface area contributed by atoms with Crippen LogP contribution in [0.5, 0.6) is 0 Å². The molecule has 0 aromatic rings. The minimum atomic E-state index is -0.0781. The second kappa shape index (κ2) is 4.31. The van der Waals surface area contributed by atoms with E-state index < -0.39 is 0 Å². The van der Waals surface area contributed by atoms with Crippen LogP contribution in [0, 0.1) is 10.1 Å². The Bertz CT molecular complexity index is 147. The molecule has 0 radical (unpaired) electrons. The summed E-state index contributed by atoms with van der Waals surface area (Å²) in [5.41, 5.74) is 2.29. The first-order valence-electron chi connectivity index (χ1n) is 3.72. The van der Waals surface area contributed by atoms with E-state index in [9.17, 15) is 10.1 Å². The van der Waals surface area contributed by atoms with Crippen molar-refractivity contribution >= 4 is 0 Å². The van der Waals surface area contributed by atoms with Crippen LogP contribution in [0.4, 0.5) is 0 Å². The molecule has 7 heteroatoms. The summed E-state index contributed by atoms with van der Waals surface area (Å²) in [4.78, 5) is 11.8. The summed E-state index contributed by atoms with van der Waals surface area (Å²) in [7, 11) is 2.00. The molecule has 0 bridgehead atoms. The molecule has 12 heavy (non-hydrogen) atoms. The fourth-order valence-electron chi connectivity index (χ4n) is 1.05. The van der Waals surface area contributed by atoms with Crippen molar-refractivity contribution in [1.29, 1.82) is 0 Å². The molecule has 0 spiro atoms. The molecule has 1 heterocycles. The fourth-order valence-corrected chi connectivity index (χ4v) is 1.05. The van der Waals surface area contributed by atoms with E-state index in [1.165, 1.54) is 0 Å². The largest absolute Gasteiger partial charge is 0.723 e. The molecule has 1 aliphatic heterocycles. The van der Waals surface area contributed by atoms with Crippen LogP contribution in [-0.2, 0) is 0 Å². The van der Waals surface area contributed by atoms with Crippen molar-refractivity contribution in [3.8, 4) is 0 Å². The van der Waals surface area contributed by atoms with Crippen molar-refractivity contribution in [3.05, 3.63) is 10.1 Å². The number of rotatable bonds is 3. The van der Waals surface area contributed by atoms with Gasteiger partial charge in [0.05, 0.1) is 5.29 Å². The van der Waals surface area contributed by atoms with E-state index in [0.29, 0.717) is 13.1 Å². The van der Waals surface area contributed by atoms with E-state index in [0.717, 1.165) is 13.1 Å². The Kier molecular flexibility index (Phi) is 3.35. The molecule has 0 aliphatic carbocycles. The molecule has 1 N–H and O–H groups in total. The van der Waals surface area contributed by atoms with Gasteiger partial charge in [-0.25, -0.2) is 10.3 Å². The number of hydrazine groups is 2. The SMILES string of the molecule is CN1CCN(NN([O-])N=O)CC1. The van der Waals surface area contributed by atoms with E-state index in [2.05, 4.69) is 15.7 Å². The quantitative estimate of drug-likeness (QED) is 0.443. The molecule has 1 aliphatic rings. The second-order valence-electron chi connectivity index (χ2n) is 2.74. The van der Waals surface area contributed by atoms with Gasteiger partial charge in [-0.05, 0) is 7.05 Å². The molecule has 0 atom stereocenters. The number of piperazine rings is 1. The lowest BCUT2D eigenvalue weighted by Gasteiger charge is -2.36. The van der Waals surface area contributed by atoms with Crippen LogP contribution in [0.3, 0.4) is 0 Å². The Morgan fingerprint density at radius 2 is 2.00 bits per heavy atom. The minimum Gasteiger partial charge on any atom is -0.723 e.